The highest BCUT2D eigenvalue weighted by molar-refractivity contribution is 5.48. The maximum Gasteiger partial charge on any atom is 0.0331 e. The fourth-order valence-electron chi connectivity index (χ4n) is 3.51. The summed E-state index contributed by atoms with van der Waals surface area (Å²) in [6.07, 6.45) is 2.28. The van der Waals surface area contributed by atoms with Crippen LogP contribution in [0.4, 0.5) is 5.69 Å². The van der Waals surface area contributed by atoms with Gasteiger partial charge in [0.2, 0.25) is 0 Å². The summed E-state index contributed by atoms with van der Waals surface area (Å²) in [5.41, 5.74) is 13.7. The van der Waals surface area contributed by atoms with Crippen molar-refractivity contribution in [3.05, 3.63) is 64.2 Å². The Hall–Kier alpha value is -1.80. The molecular weight excluding hydrogens is 256 g/mol. The van der Waals surface area contributed by atoms with Gasteiger partial charge in [0, 0.05) is 17.8 Å². The third kappa shape index (κ3) is 2.81. The highest BCUT2D eigenvalue weighted by Crippen LogP contribution is 2.34. The highest BCUT2D eigenvalue weighted by atomic mass is 15.0. The summed E-state index contributed by atoms with van der Waals surface area (Å²) in [7, 11) is 0. The van der Waals surface area contributed by atoms with Crippen molar-refractivity contribution in [2.24, 2.45) is 0 Å². The molecule has 2 aromatic carbocycles. The lowest BCUT2D eigenvalue weighted by Gasteiger charge is -2.22. The SMILES string of the molecule is Cc1ccc(C(C)NC2CCc3cc(N)ccc32)c(C)c1. The van der Waals surface area contributed by atoms with Gasteiger partial charge in [-0.2, -0.15) is 0 Å². The lowest BCUT2D eigenvalue weighted by atomic mass is 9.98. The Kier molecular flexibility index (Phi) is 3.73. The lowest BCUT2D eigenvalue weighted by molar-refractivity contribution is 0.464. The number of hydrogen-bond acceptors (Lipinski definition) is 2. The van der Waals surface area contributed by atoms with Crippen LogP contribution < -0.4 is 11.1 Å². The van der Waals surface area contributed by atoms with E-state index < -0.39 is 0 Å². The quantitative estimate of drug-likeness (QED) is 0.826. The molecule has 1 aliphatic carbocycles. The van der Waals surface area contributed by atoms with Crippen molar-refractivity contribution < 1.29 is 0 Å². The van der Waals surface area contributed by atoms with Crippen LogP contribution in [0.15, 0.2) is 36.4 Å². The molecule has 0 heterocycles. The Morgan fingerprint density at radius 1 is 1.14 bits per heavy atom. The van der Waals surface area contributed by atoms with Crippen molar-refractivity contribution in [3.63, 3.8) is 0 Å². The molecule has 21 heavy (non-hydrogen) atoms. The van der Waals surface area contributed by atoms with E-state index in [1.807, 2.05) is 6.07 Å². The summed E-state index contributed by atoms with van der Waals surface area (Å²) in [5, 5.41) is 3.79. The number of nitrogens with one attached hydrogen (secondary N) is 1. The van der Waals surface area contributed by atoms with E-state index >= 15 is 0 Å². The van der Waals surface area contributed by atoms with Crippen LogP contribution in [0.5, 0.6) is 0 Å². The van der Waals surface area contributed by atoms with Crippen molar-refractivity contribution >= 4 is 5.69 Å². The fourth-order valence-corrected chi connectivity index (χ4v) is 3.51. The third-order valence-corrected chi connectivity index (χ3v) is 4.59. The van der Waals surface area contributed by atoms with E-state index in [2.05, 4.69) is 56.4 Å². The first kappa shape index (κ1) is 14.2. The molecule has 2 heteroatoms. The monoisotopic (exact) mass is 280 g/mol. The van der Waals surface area contributed by atoms with Crippen molar-refractivity contribution in [2.75, 3.05) is 5.73 Å². The molecular formula is C19H24N2. The molecule has 2 unspecified atom stereocenters. The highest BCUT2D eigenvalue weighted by Gasteiger charge is 2.24. The predicted octanol–water partition coefficient (Wildman–Crippen LogP) is 4.22. The zero-order valence-corrected chi connectivity index (χ0v) is 13.1. The average molecular weight is 280 g/mol. The Morgan fingerprint density at radius 3 is 2.71 bits per heavy atom. The molecule has 2 nitrogen and oxygen atoms in total. The summed E-state index contributed by atoms with van der Waals surface area (Å²) < 4.78 is 0. The van der Waals surface area contributed by atoms with Crippen LogP contribution in [0.25, 0.3) is 0 Å². The van der Waals surface area contributed by atoms with Crippen molar-refractivity contribution in [1.82, 2.24) is 5.32 Å². The molecule has 0 aliphatic heterocycles. The molecule has 0 spiro atoms. The Morgan fingerprint density at radius 2 is 1.95 bits per heavy atom. The van der Waals surface area contributed by atoms with Gasteiger partial charge >= 0.3 is 0 Å². The van der Waals surface area contributed by atoms with Crippen molar-refractivity contribution in [1.29, 1.82) is 0 Å². The Balaban J connectivity index is 1.79. The fraction of sp³-hybridized carbons (Fsp3) is 0.368. The first-order chi connectivity index (χ1) is 10.0. The maximum absolute atomic E-state index is 5.88. The van der Waals surface area contributed by atoms with Crippen LogP contribution in [0.3, 0.4) is 0 Å². The molecule has 0 bridgehead atoms. The lowest BCUT2D eigenvalue weighted by Crippen LogP contribution is -2.23. The molecule has 0 saturated heterocycles. The van der Waals surface area contributed by atoms with Gasteiger partial charge in [0.1, 0.15) is 0 Å². The number of nitrogens with two attached hydrogens (primary N) is 1. The van der Waals surface area contributed by atoms with Gasteiger partial charge in [0.05, 0.1) is 0 Å². The van der Waals surface area contributed by atoms with E-state index in [9.17, 15) is 0 Å². The first-order valence-corrected chi connectivity index (χ1v) is 7.76. The van der Waals surface area contributed by atoms with Gasteiger partial charge in [-0.15, -0.1) is 0 Å². The molecule has 0 saturated carbocycles. The topological polar surface area (TPSA) is 38.0 Å². The standard InChI is InChI=1S/C19H24N2/c1-12-4-7-17(13(2)10-12)14(3)21-19-9-5-15-11-16(20)6-8-18(15)19/h4,6-8,10-11,14,19,21H,5,9,20H2,1-3H3. The number of anilines is 1. The van der Waals surface area contributed by atoms with Crippen molar-refractivity contribution in [2.45, 2.75) is 45.7 Å². The van der Waals surface area contributed by atoms with Gasteiger partial charge in [-0.1, -0.05) is 29.8 Å². The Bertz CT molecular complexity index is 661. The Labute approximate surface area is 127 Å². The molecule has 2 aromatic rings. The van der Waals surface area contributed by atoms with E-state index in [1.165, 1.54) is 27.8 Å². The molecule has 1 aliphatic rings. The maximum atomic E-state index is 5.88. The summed E-state index contributed by atoms with van der Waals surface area (Å²) in [5.74, 6) is 0. The summed E-state index contributed by atoms with van der Waals surface area (Å²) in [4.78, 5) is 0. The number of fused-ring (bicyclic) bond motifs is 1. The number of nitrogen functional groups attached to an aromatic ring is 1. The second-order valence-electron chi connectivity index (χ2n) is 6.30. The van der Waals surface area contributed by atoms with Crippen LogP contribution in [0.1, 0.15) is 53.2 Å². The number of hydrogen-bond donors (Lipinski definition) is 2. The third-order valence-electron chi connectivity index (χ3n) is 4.59. The molecule has 0 aromatic heterocycles. The second kappa shape index (κ2) is 5.53. The summed E-state index contributed by atoms with van der Waals surface area (Å²) in [6, 6.07) is 13.8. The summed E-state index contributed by atoms with van der Waals surface area (Å²) in [6.45, 7) is 6.60. The second-order valence-corrected chi connectivity index (χ2v) is 6.30. The molecule has 0 radical (unpaired) electrons. The summed E-state index contributed by atoms with van der Waals surface area (Å²) >= 11 is 0. The zero-order chi connectivity index (χ0) is 15.0. The van der Waals surface area contributed by atoms with Crippen LogP contribution in [-0.4, -0.2) is 0 Å². The largest absolute Gasteiger partial charge is 0.399 e. The molecule has 3 rings (SSSR count). The van der Waals surface area contributed by atoms with E-state index in [0.717, 1.165) is 18.5 Å². The van der Waals surface area contributed by atoms with E-state index in [-0.39, 0.29) is 0 Å². The number of aryl methyl sites for hydroxylation is 3. The normalized spacial score (nSPS) is 18.5. The number of rotatable bonds is 3. The molecule has 110 valence electrons. The van der Waals surface area contributed by atoms with Gasteiger partial charge in [-0.05, 0) is 68.0 Å². The van der Waals surface area contributed by atoms with Crippen LogP contribution in [0, 0.1) is 13.8 Å². The van der Waals surface area contributed by atoms with Gasteiger partial charge in [0.25, 0.3) is 0 Å². The average Bonchev–Trinajstić information content (AvgIpc) is 2.80. The van der Waals surface area contributed by atoms with Crippen LogP contribution >= 0.6 is 0 Å². The molecule has 0 fully saturated rings. The minimum Gasteiger partial charge on any atom is -0.399 e. The first-order valence-electron chi connectivity index (χ1n) is 7.76. The van der Waals surface area contributed by atoms with Crippen LogP contribution in [-0.2, 0) is 6.42 Å². The van der Waals surface area contributed by atoms with Gasteiger partial charge in [-0.25, -0.2) is 0 Å². The van der Waals surface area contributed by atoms with Gasteiger partial charge < -0.3 is 11.1 Å². The van der Waals surface area contributed by atoms with E-state index in [1.54, 1.807) is 0 Å². The van der Waals surface area contributed by atoms with Gasteiger partial charge in [0.15, 0.2) is 0 Å². The van der Waals surface area contributed by atoms with Crippen LogP contribution in [0.2, 0.25) is 0 Å². The van der Waals surface area contributed by atoms with Gasteiger partial charge in [-0.3, -0.25) is 0 Å². The van der Waals surface area contributed by atoms with Crippen molar-refractivity contribution in [3.8, 4) is 0 Å². The smallest absolute Gasteiger partial charge is 0.0331 e. The van der Waals surface area contributed by atoms with E-state index in [4.69, 9.17) is 5.73 Å². The minimum absolute atomic E-state index is 0.360. The predicted molar refractivity (Wildman–Crippen MR) is 89.4 cm³/mol. The number of benzene rings is 2. The molecule has 3 N–H and O–H groups in total. The minimum atomic E-state index is 0.360. The zero-order valence-electron chi connectivity index (χ0n) is 13.1. The molecule has 0 amide bonds. The van der Waals surface area contributed by atoms with E-state index in [0.29, 0.717) is 12.1 Å². The molecule has 2 atom stereocenters.